The van der Waals surface area contributed by atoms with E-state index in [0.717, 1.165) is 22.3 Å². The number of carbonyl (C=O) groups is 1. The van der Waals surface area contributed by atoms with E-state index in [0.29, 0.717) is 0 Å². The van der Waals surface area contributed by atoms with Gasteiger partial charge in [0.05, 0.1) is 11.2 Å². The van der Waals surface area contributed by atoms with Gasteiger partial charge in [-0.2, -0.15) is 0 Å². The van der Waals surface area contributed by atoms with Crippen LogP contribution in [-0.4, -0.2) is 10.9 Å². The first-order chi connectivity index (χ1) is 8.20. The van der Waals surface area contributed by atoms with Crippen LogP contribution in [0.15, 0.2) is 42.5 Å². The first-order valence-corrected chi connectivity index (χ1v) is 5.51. The second-order valence-corrected chi connectivity index (χ2v) is 3.82. The number of allylic oxidation sites excluding steroid dienone is 1. The lowest BCUT2D eigenvalue weighted by atomic mass is 10.1. The molecule has 0 radical (unpaired) electrons. The van der Waals surface area contributed by atoms with Gasteiger partial charge in [-0.15, -0.1) is 0 Å². The molecule has 1 aromatic carbocycles. The highest BCUT2D eigenvalue weighted by Crippen LogP contribution is 2.21. The molecule has 1 aromatic heterocycles. The number of para-hydroxylation sites is 1. The van der Waals surface area contributed by atoms with Gasteiger partial charge in [0.1, 0.15) is 0 Å². The van der Waals surface area contributed by atoms with Gasteiger partial charge in [0.2, 0.25) is 5.91 Å². The molecule has 3 heteroatoms. The van der Waals surface area contributed by atoms with Crippen LogP contribution in [0.3, 0.4) is 0 Å². The molecule has 0 bridgehead atoms. The van der Waals surface area contributed by atoms with Gasteiger partial charge in [-0.25, -0.2) is 0 Å². The van der Waals surface area contributed by atoms with Gasteiger partial charge in [-0.1, -0.05) is 24.3 Å². The predicted molar refractivity (Wildman–Crippen MR) is 69.9 cm³/mol. The molecule has 2 rings (SSSR count). The zero-order valence-corrected chi connectivity index (χ0v) is 9.90. The van der Waals surface area contributed by atoms with Gasteiger partial charge in [-0.05, 0) is 32.1 Å². The van der Waals surface area contributed by atoms with Crippen molar-refractivity contribution in [1.82, 2.24) is 4.98 Å². The number of aromatic nitrogens is 1. The summed E-state index contributed by atoms with van der Waals surface area (Å²) in [6, 6.07) is 9.71. The Hall–Kier alpha value is -2.16. The monoisotopic (exact) mass is 226 g/mol. The Morgan fingerprint density at radius 3 is 2.88 bits per heavy atom. The van der Waals surface area contributed by atoms with E-state index in [4.69, 9.17) is 0 Å². The van der Waals surface area contributed by atoms with E-state index in [1.54, 1.807) is 6.08 Å². The number of anilines is 1. The molecule has 0 spiro atoms. The molecule has 1 amide bonds. The number of nitrogens with zero attached hydrogens (tertiary/aromatic N) is 1. The molecule has 86 valence electrons. The lowest BCUT2D eigenvalue weighted by molar-refractivity contribution is -0.111. The maximum atomic E-state index is 11.5. The van der Waals surface area contributed by atoms with Crippen LogP contribution in [0.4, 0.5) is 5.69 Å². The van der Waals surface area contributed by atoms with Gasteiger partial charge in [-0.3, -0.25) is 9.78 Å². The molecule has 3 nitrogen and oxygen atoms in total. The second kappa shape index (κ2) is 4.78. The molecule has 0 aliphatic rings. The highest BCUT2D eigenvalue weighted by Gasteiger charge is 2.04. The molecule has 0 fully saturated rings. The van der Waals surface area contributed by atoms with E-state index in [2.05, 4.69) is 10.3 Å². The van der Waals surface area contributed by atoms with Crippen LogP contribution in [0, 0.1) is 6.92 Å². The first kappa shape index (κ1) is 11.3. The predicted octanol–water partition coefficient (Wildman–Crippen LogP) is 3.06. The number of amides is 1. The van der Waals surface area contributed by atoms with Crippen molar-refractivity contribution in [3.63, 3.8) is 0 Å². The number of hydrogen-bond donors (Lipinski definition) is 1. The van der Waals surface area contributed by atoms with Crippen molar-refractivity contribution in [2.24, 2.45) is 0 Å². The second-order valence-electron chi connectivity index (χ2n) is 3.82. The Balaban J connectivity index is 2.46. The highest BCUT2D eigenvalue weighted by molar-refractivity contribution is 6.04. The number of nitrogens with one attached hydrogen (secondary N) is 1. The Morgan fingerprint density at radius 1 is 1.29 bits per heavy atom. The number of pyridine rings is 1. The molecule has 0 aliphatic carbocycles. The SMILES string of the molecule is CC=CC(=O)Nc1cccc2ccc(C)nc12. The molecule has 0 saturated heterocycles. The van der Waals surface area contributed by atoms with Gasteiger partial charge < -0.3 is 5.32 Å². The van der Waals surface area contributed by atoms with Crippen molar-refractivity contribution in [2.75, 3.05) is 5.32 Å². The third kappa shape index (κ3) is 2.50. The van der Waals surface area contributed by atoms with Crippen LogP contribution in [0.25, 0.3) is 10.9 Å². The number of hydrogen-bond acceptors (Lipinski definition) is 2. The molecule has 1 N–H and O–H groups in total. The highest BCUT2D eigenvalue weighted by atomic mass is 16.1. The smallest absolute Gasteiger partial charge is 0.248 e. The van der Waals surface area contributed by atoms with Crippen molar-refractivity contribution in [3.8, 4) is 0 Å². The molecular formula is C14H14N2O. The normalized spacial score (nSPS) is 10.9. The maximum Gasteiger partial charge on any atom is 0.248 e. The van der Waals surface area contributed by atoms with Gasteiger partial charge in [0.15, 0.2) is 0 Å². The fourth-order valence-corrected chi connectivity index (χ4v) is 1.67. The zero-order valence-electron chi connectivity index (χ0n) is 9.90. The number of aryl methyl sites for hydroxylation is 1. The average Bonchev–Trinajstić information content (AvgIpc) is 2.30. The quantitative estimate of drug-likeness (QED) is 0.800. The zero-order chi connectivity index (χ0) is 12.3. The summed E-state index contributed by atoms with van der Waals surface area (Å²) in [6.45, 7) is 3.75. The maximum absolute atomic E-state index is 11.5. The minimum absolute atomic E-state index is 0.136. The Bertz CT molecular complexity index is 588. The van der Waals surface area contributed by atoms with Crippen molar-refractivity contribution < 1.29 is 4.79 Å². The summed E-state index contributed by atoms with van der Waals surface area (Å²) < 4.78 is 0. The summed E-state index contributed by atoms with van der Waals surface area (Å²) >= 11 is 0. The van der Waals surface area contributed by atoms with Gasteiger partial charge in [0, 0.05) is 11.1 Å². The molecule has 17 heavy (non-hydrogen) atoms. The summed E-state index contributed by atoms with van der Waals surface area (Å²) in [5.41, 5.74) is 2.50. The van der Waals surface area contributed by atoms with Crippen molar-refractivity contribution in [2.45, 2.75) is 13.8 Å². The molecule has 2 aromatic rings. The largest absolute Gasteiger partial charge is 0.321 e. The fraction of sp³-hybridized carbons (Fsp3) is 0.143. The average molecular weight is 226 g/mol. The van der Waals surface area contributed by atoms with Gasteiger partial charge in [0.25, 0.3) is 0 Å². The number of carbonyl (C=O) groups excluding carboxylic acids is 1. The lowest BCUT2D eigenvalue weighted by Crippen LogP contribution is -2.08. The third-order valence-corrected chi connectivity index (χ3v) is 2.44. The van der Waals surface area contributed by atoms with Crippen molar-refractivity contribution in [3.05, 3.63) is 48.2 Å². The molecule has 1 heterocycles. The van der Waals surface area contributed by atoms with Crippen molar-refractivity contribution in [1.29, 1.82) is 0 Å². The van der Waals surface area contributed by atoms with Crippen LogP contribution in [0.2, 0.25) is 0 Å². The summed E-state index contributed by atoms with van der Waals surface area (Å²) in [7, 11) is 0. The van der Waals surface area contributed by atoms with E-state index in [-0.39, 0.29) is 5.91 Å². The minimum atomic E-state index is -0.136. The summed E-state index contributed by atoms with van der Waals surface area (Å²) in [5.74, 6) is -0.136. The summed E-state index contributed by atoms with van der Waals surface area (Å²) in [5, 5.41) is 3.85. The van der Waals surface area contributed by atoms with Crippen LogP contribution in [0.1, 0.15) is 12.6 Å². The Morgan fingerprint density at radius 2 is 2.12 bits per heavy atom. The first-order valence-electron chi connectivity index (χ1n) is 5.51. The lowest BCUT2D eigenvalue weighted by Gasteiger charge is -2.06. The van der Waals surface area contributed by atoms with Gasteiger partial charge >= 0.3 is 0 Å². The minimum Gasteiger partial charge on any atom is -0.321 e. The molecule has 0 unspecified atom stereocenters. The number of rotatable bonds is 2. The van der Waals surface area contributed by atoms with Crippen LogP contribution >= 0.6 is 0 Å². The van der Waals surface area contributed by atoms with Crippen LogP contribution < -0.4 is 5.32 Å². The summed E-state index contributed by atoms with van der Waals surface area (Å²) in [6.07, 6.45) is 3.20. The topological polar surface area (TPSA) is 42.0 Å². The van der Waals surface area contributed by atoms with E-state index in [9.17, 15) is 4.79 Å². The summed E-state index contributed by atoms with van der Waals surface area (Å²) in [4.78, 5) is 16.0. The van der Waals surface area contributed by atoms with Crippen molar-refractivity contribution >= 4 is 22.5 Å². The third-order valence-electron chi connectivity index (χ3n) is 2.44. The number of fused-ring (bicyclic) bond motifs is 1. The molecule has 0 saturated carbocycles. The van der Waals surface area contributed by atoms with E-state index >= 15 is 0 Å². The molecule has 0 aliphatic heterocycles. The van der Waals surface area contributed by atoms with E-state index in [1.165, 1.54) is 6.08 Å². The Kier molecular flexibility index (Phi) is 3.19. The molecule has 0 atom stereocenters. The molecular weight excluding hydrogens is 212 g/mol. The Labute approximate surface area is 100 Å². The standard InChI is InChI=1S/C14H14N2O/c1-3-5-13(17)16-12-7-4-6-11-9-8-10(2)15-14(11)12/h3-9H,1-2H3,(H,16,17). The fourth-order valence-electron chi connectivity index (χ4n) is 1.67. The number of benzene rings is 1. The van der Waals surface area contributed by atoms with Crippen LogP contribution in [-0.2, 0) is 4.79 Å². The van der Waals surface area contributed by atoms with Crippen LogP contribution in [0.5, 0.6) is 0 Å². The van der Waals surface area contributed by atoms with E-state index in [1.807, 2.05) is 44.2 Å². The van der Waals surface area contributed by atoms with E-state index < -0.39 is 0 Å².